The van der Waals surface area contributed by atoms with E-state index in [-0.39, 0.29) is 6.54 Å². The Labute approximate surface area is 197 Å². The number of hydrogen-bond acceptors (Lipinski definition) is 6. The Bertz CT molecular complexity index is 1080. The van der Waals surface area contributed by atoms with Gasteiger partial charge < -0.3 is 20.0 Å². The molecule has 3 rings (SSSR count). The minimum absolute atomic E-state index is 0.00712. The third kappa shape index (κ3) is 7.03. The summed E-state index contributed by atoms with van der Waals surface area (Å²) in [4.78, 5) is 49.9. The molecule has 0 aliphatic carbocycles. The van der Waals surface area contributed by atoms with Gasteiger partial charge in [-0.3, -0.25) is 19.2 Å². The van der Waals surface area contributed by atoms with E-state index in [9.17, 15) is 19.2 Å². The predicted octanol–water partition coefficient (Wildman–Crippen LogP) is 2.00. The van der Waals surface area contributed by atoms with Crippen molar-refractivity contribution in [1.29, 1.82) is 0 Å². The van der Waals surface area contributed by atoms with Crippen molar-refractivity contribution in [3.8, 4) is 0 Å². The number of nitrogens with one attached hydrogen (secondary N) is 3. The van der Waals surface area contributed by atoms with Crippen molar-refractivity contribution in [2.24, 2.45) is 5.10 Å². The first-order chi connectivity index (χ1) is 16.3. The van der Waals surface area contributed by atoms with Crippen LogP contribution in [0.5, 0.6) is 0 Å². The molecule has 1 fully saturated rings. The molecule has 1 aromatic carbocycles. The summed E-state index contributed by atoms with van der Waals surface area (Å²) in [6.07, 6.45) is 5.15. The smallest absolute Gasteiger partial charge is 0.329 e. The minimum Gasteiger partial charge on any atom is -0.458 e. The van der Waals surface area contributed by atoms with Crippen LogP contribution in [0.4, 0.5) is 5.69 Å². The highest BCUT2D eigenvalue weighted by molar-refractivity contribution is 6.39. The van der Waals surface area contributed by atoms with E-state index in [1.54, 1.807) is 29.2 Å². The van der Waals surface area contributed by atoms with Crippen LogP contribution in [0.25, 0.3) is 0 Å². The molecule has 2 heterocycles. The van der Waals surface area contributed by atoms with E-state index >= 15 is 0 Å². The number of benzene rings is 1. The van der Waals surface area contributed by atoms with Gasteiger partial charge in [-0.2, -0.15) is 5.10 Å². The third-order valence-electron chi connectivity index (χ3n) is 5.52. The van der Waals surface area contributed by atoms with Gasteiger partial charge in [0.25, 0.3) is 0 Å². The average molecular weight is 468 g/mol. The quantitative estimate of drug-likeness (QED) is 0.351. The van der Waals surface area contributed by atoms with Gasteiger partial charge >= 0.3 is 23.6 Å². The van der Waals surface area contributed by atoms with Gasteiger partial charge in [0, 0.05) is 18.8 Å². The van der Waals surface area contributed by atoms with Crippen molar-refractivity contribution < 1.29 is 23.6 Å². The molecular formula is C24H29N5O5. The highest BCUT2D eigenvalue weighted by Crippen LogP contribution is 2.14. The molecule has 1 saturated heterocycles. The average Bonchev–Trinajstić information content (AvgIpc) is 3.09. The Morgan fingerprint density at radius 1 is 0.941 bits per heavy atom. The van der Waals surface area contributed by atoms with Crippen LogP contribution in [-0.4, -0.2) is 47.8 Å². The summed E-state index contributed by atoms with van der Waals surface area (Å²) in [6, 6.07) is 8.57. The summed E-state index contributed by atoms with van der Waals surface area (Å²) < 4.78 is 5.49. The van der Waals surface area contributed by atoms with Crippen molar-refractivity contribution >= 4 is 35.5 Å². The van der Waals surface area contributed by atoms with Crippen LogP contribution in [0.2, 0.25) is 0 Å². The van der Waals surface area contributed by atoms with Crippen LogP contribution in [0, 0.1) is 13.8 Å². The van der Waals surface area contributed by atoms with Gasteiger partial charge in [0.15, 0.2) is 0 Å². The lowest BCUT2D eigenvalue weighted by Gasteiger charge is -2.18. The van der Waals surface area contributed by atoms with E-state index in [1.165, 1.54) is 6.21 Å². The molecule has 1 aromatic heterocycles. The van der Waals surface area contributed by atoms with E-state index in [0.29, 0.717) is 30.3 Å². The fourth-order valence-corrected chi connectivity index (χ4v) is 3.43. The molecular weight excluding hydrogens is 438 g/mol. The van der Waals surface area contributed by atoms with E-state index in [4.69, 9.17) is 4.42 Å². The molecule has 180 valence electrons. The second-order valence-electron chi connectivity index (χ2n) is 8.15. The third-order valence-corrected chi connectivity index (χ3v) is 5.52. The number of carbonyl (C=O) groups is 4. The summed E-state index contributed by atoms with van der Waals surface area (Å²) in [5.74, 6) is -2.28. The number of likely N-dealkylation sites (tertiary alicyclic amines) is 1. The molecule has 0 atom stereocenters. The van der Waals surface area contributed by atoms with Gasteiger partial charge in [-0.15, -0.1) is 0 Å². The molecule has 4 amide bonds. The highest BCUT2D eigenvalue weighted by Gasteiger charge is 2.22. The molecule has 0 bridgehead atoms. The lowest BCUT2D eigenvalue weighted by Crippen LogP contribution is -2.41. The molecule has 0 spiro atoms. The first kappa shape index (κ1) is 24.7. The summed E-state index contributed by atoms with van der Waals surface area (Å²) in [5, 5.41) is 8.79. The van der Waals surface area contributed by atoms with Crippen LogP contribution >= 0.6 is 0 Å². The number of hydrazone groups is 1. The predicted molar refractivity (Wildman–Crippen MR) is 126 cm³/mol. The zero-order valence-corrected chi connectivity index (χ0v) is 19.3. The maximum absolute atomic E-state index is 12.2. The lowest BCUT2D eigenvalue weighted by molar-refractivity contribution is -0.145. The van der Waals surface area contributed by atoms with Crippen LogP contribution in [0.3, 0.4) is 0 Å². The van der Waals surface area contributed by atoms with E-state index in [2.05, 4.69) is 21.2 Å². The molecule has 0 saturated carbocycles. The Kier molecular flexibility index (Phi) is 8.55. The maximum atomic E-state index is 12.2. The van der Waals surface area contributed by atoms with Crippen molar-refractivity contribution in [3.05, 3.63) is 53.0 Å². The molecule has 3 N–H and O–H groups in total. The molecule has 10 heteroatoms. The highest BCUT2D eigenvalue weighted by atomic mass is 16.3. The van der Waals surface area contributed by atoms with Gasteiger partial charge in [0.05, 0.1) is 12.8 Å². The number of hydrogen-bond donors (Lipinski definition) is 3. The second kappa shape index (κ2) is 11.8. The molecule has 10 nitrogen and oxygen atoms in total. The molecule has 0 radical (unpaired) electrons. The number of furan rings is 1. The summed E-state index contributed by atoms with van der Waals surface area (Å²) in [5.41, 5.74) is 4.84. The zero-order chi connectivity index (χ0) is 24.5. The Morgan fingerprint density at radius 2 is 1.68 bits per heavy atom. The van der Waals surface area contributed by atoms with Crippen molar-refractivity contribution in [3.63, 3.8) is 0 Å². The second-order valence-corrected chi connectivity index (χ2v) is 8.15. The molecule has 1 aliphatic heterocycles. The number of amides is 4. The Balaban J connectivity index is 1.43. The number of aryl methyl sites for hydroxylation is 2. The minimum atomic E-state index is -0.802. The standard InChI is InChI=1S/C24H29N5O5/c1-16-7-8-18(13-17(16)2)27-22(31)21(30)25-14-19-9-10-20(34-19)15-26-28-23(32)24(33)29-11-5-3-4-6-12-29/h7-10,13,15H,3-6,11-12,14H2,1-2H3,(H,25,30)(H,27,31)(H,28,32)/b26-15+. The molecule has 2 aromatic rings. The van der Waals surface area contributed by atoms with Gasteiger partial charge in [-0.25, -0.2) is 5.43 Å². The normalized spacial score (nSPS) is 13.9. The van der Waals surface area contributed by atoms with Crippen LogP contribution < -0.4 is 16.1 Å². The summed E-state index contributed by atoms with van der Waals surface area (Å²) in [7, 11) is 0. The Morgan fingerprint density at radius 3 is 2.38 bits per heavy atom. The summed E-state index contributed by atoms with van der Waals surface area (Å²) >= 11 is 0. The SMILES string of the molecule is Cc1ccc(NC(=O)C(=O)NCc2ccc(/C=N/NC(=O)C(=O)N3CCCCCC3)o2)cc1C. The van der Waals surface area contributed by atoms with Crippen LogP contribution in [-0.2, 0) is 25.7 Å². The van der Waals surface area contributed by atoms with Crippen molar-refractivity contribution in [1.82, 2.24) is 15.6 Å². The van der Waals surface area contributed by atoms with Gasteiger partial charge in [0.1, 0.15) is 11.5 Å². The van der Waals surface area contributed by atoms with Crippen LogP contribution in [0.1, 0.15) is 48.3 Å². The van der Waals surface area contributed by atoms with E-state index in [1.807, 2.05) is 19.9 Å². The van der Waals surface area contributed by atoms with Gasteiger partial charge in [-0.05, 0) is 62.1 Å². The largest absolute Gasteiger partial charge is 0.458 e. The van der Waals surface area contributed by atoms with Crippen molar-refractivity contribution in [2.45, 2.75) is 46.1 Å². The number of anilines is 1. The Hall–Kier alpha value is -3.95. The number of nitrogens with zero attached hydrogens (tertiary/aromatic N) is 2. The first-order valence-corrected chi connectivity index (χ1v) is 11.2. The van der Waals surface area contributed by atoms with Crippen LogP contribution in [0.15, 0.2) is 39.9 Å². The van der Waals surface area contributed by atoms with Crippen molar-refractivity contribution in [2.75, 3.05) is 18.4 Å². The lowest BCUT2D eigenvalue weighted by atomic mass is 10.1. The topological polar surface area (TPSA) is 133 Å². The molecule has 0 unspecified atom stereocenters. The van der Waals surface area contributed by atoms with E-state index in [0.717, 1.165) is 36.8 Å². The molecule has 1 aliphatic rings. The zero-order valence-electron chi connectivity index (χ0n) is 19.3. The fourth-order valence-electron chi connectivity index (χ4n) is 3.43. The first-order valence-electron chi connectivity index (χ1n) is 11.2. The summed E-state index contributed by atoms with van der Waals surface area (Å²) in [6.45, 7) is 5.02. The maximum Gasteiger partial charge on any atom is 0.329 e. The number of carbonyl (C=O) groups excluding carboxylic acids is 4. The van der Waals surface area contributed by atoms with E-state index < -0.39 is 23.6 Å². The monoisotopic (exact) mass is 467 g/mol. The van der Waals surface area contributed by atoms with Gasteiger partial charge in [-0.1, -0.05) is 18.9 Å². The fraction of sp³-hybridized carbons (Fsp3) is 0.375. The van der Waals surface area contributed by atoms with Gasteiger partial charge in [0.2, 0.25) is 0 Å². The number of rotatable bonds is 5. The molecule has 34 heavy (non-hydrogen) atoms.